The Labute approximate surface area is 128 Å². The number of benzene rings is 1. The predicted octanol–water partition coefficient (Wildman–Crippen LogP) is 1.90. The molecule has 1 atom stereocenters. The number of likely N-dealkylation sites (tertiary alicyclic amines) is 1. The van der Waals surface area contributed by atoms with Gasteiger partial charge in [0.05, 0.1) is 5.69 Å². The number of carbonyl (C=O) groups excluding carboxylic acids is 1. The zero-order valence-corrected chi connectivity index (χ0v) is 12.5. The highest BCUT2D eigenvalue weighted by Gasteiger charge is 2.27. The van der Waals surface area contributed by atoms with Gasteiger partial charge in [0, 0.05) is 18.7 Å². The van der Waals surface area contributed by atoms with Crippen molar-refractivity contribution in [2.75, 3.05) is 26.7 Å². The monoisotopic (exact) mass is 302 g/mol. The Morgan fingerprint density at radius 1 is 1.45 bits per heavy atom. The zero-order valence-electron chi connectivity index (χ0n) is 12.5. The van der Waals surface area contributed by atoms with Crippen LogP contribution in [0.15, 0.2) is 30.3 Å². The van der Waals surface area contributed by atoms with Gasteiger partial charge in [-0.25, -0.2) is 4.39 Å². The summed E-state index contributed by atoms with van der Waals surface area (Å²) < 4.78 is 12.9. The molecule has 1 aliphatic rings. The molecule has 0 spiro atoms. The molecule has 1 aromatic carbocycles. The van der Waals surface area contributed by atoms with Crippen molar-refractivity contribution in [2.45, 2.75) is 6.42 Å². The van der Waals surface area contributed by atoms with E-state index in [1.165, 1.54) is 12.1 Å². The molecule has 1 unspecified atom stereocenters. The van der Waals surface area contributed by atoms with Crippen LogP contribution in [0.4, 0.5) is 4.39 Å². The van der Waals surface area contributed by atoms with E-state index in [4.69, 9.17) is 0 Å². The van der Waals surface area contributed by atoms with Crippen molar-refractivity contribution in [2.24, 2.45) is 5.92 Å². The van der Waals surface area contributed by atoms with E-state index in [9.17, 15) is 9.18 Å². The van der Waals surface area contributed by atoms with Crippen LogP contribution in [-0.2, 0) is 0 Å². The summed E-state index contributed by atoms with van der Waals surface area (Å²) in [6.45, 7) is 2.47. The van der Waals surface area contributed by atoms with Gasteiger partial charge < -0.3 is 10.2 Å². The number of carbonyl (C=O) groups is 1. The first-order valence-corrected chi connectivity index (χ1v) is 7.42. The zero-order chi connectivity index (χ0) is 15.5. The molecule has 1 amide bonds. The van der Waals surface area contributed by atoms with Crippen molar-refractivity contribution < 1.29 is 9.18 Å². The molecule has 1 aromatic heterocycles. The van der Waals surface area contributed by atoms with Gasteiger partial charge in [-0.05, 0) is 56.3 Å². The van der Waals surface area contributed by atoms with Gasteiger partial charge in [-0.1, -0.05) is 0 Å². The number of nitrogens with zero attached hydrogens (tertiary/aromatic N) is 2. The molecular formula is C16H19FN4O. The Kier molecular flexibility index (Phi) is 4.20. The van der Waals surface area contributed by atoms with Crippen LogP contribution in [0.2, 0.25) is 0 Å². The lowest BCUT2D eigenvalue weighted by atomic mass is 10.1. The summed E-state index contributed by atoms with van der Waals surface area (Å²) in [5.41, 5.74) is 1.91. The fourth-order valence-electron chi connectivity index (χ4n) is 2.84. The second-order valence-corrected chi connectivity index (χ2v) is 5.64. The quantitative estimate of drug-likeness (QED) is 0.907. The Morgan fingerprint density at radius 3 is 2.95 bits per heavy atom. The fraction of sp³-hybridized carbons (Fsp3) is 0.375. The molecule has 2 aromatic rings. The summed E-state index contributed by atoms with van der Waals surface area (Å²) in [6.07, 6.45) is 1.02. The summed E-state index contributed by atoms with van der Waals surface area (Å²) >= 11 is 0. The van der Waals surface area contributed by atoms with Gasteiger partial charge in [0.15, 0.2) is 0 Å². The summed E-state index contributed by atoms with van der Waals surface area (Å²) in [4.78, 5) is 14.3. The minimum absolute atomic E-state index is 0.0283. The van der Waals surface area contributed by atoms with Crippen LogP contribution in [0, 0.1) is 11.7 Å². The van der Waals surface area contributed by atoms with Crippen molar-refractivity contribution in [1.82, 2.24) is 20.4 Å². The van der Waals surface area contributed by atoms with E-state index in [1.807, 2.05) is 11.9 Å². The van der Waals surface area contributed by atoms with Crippen molar-refractivity contribution in [3.05, 3.63) is 41.8 Å². The fourth-order valence-corrected chi connectivity index (χ4v) is 2.84. The highest BCUT2D eigenvalue weighted by Crippen LogP contribution is 2.21. The number of halogens is 1. The molecule has 1 aliphatic heterocycles. The number of nitrogens with one attached hydrogen (secondary N) is 2. The maximum atomic E-state index is 12.9. The molecule has 2 heterocycles. The molecule has 6 heteroatoms. The molecule has 2 N–H and O–H groups in total. The van der Waals surface area contributed by atoms with Crippen LogP contribution >= 0.6 is 0 Å². The van der Waals surface area contributed by atoms with E-state index >= 15 is 0 Å². The maximum absolute atomic E-state index is 12.9. The number of hydrogen-bond donors (Lipinski definition) is 2. The first-order valence-electron chi connectivity index (χ1n) is 7.42. The largest absolute Gasteiger partial charge is 0.337 e. The molecule has 1 fully saturated rings. The molecule has 0 bridgehead atoms. The van der Waals surface area contributed by atoms with Crippen molar-refractivity contribution in [3.63, 3.8) is 0 Å². The van der Waals surface area contributed by atoms with Gasteiger partial charge in [-0.15, -0.1) is 0 Å². The van der Waals surface area contributed by atoms with Gasteiger partial charge in [0.2, 0.25) is 0 Å². The summed E-state index contributed by atoms with van der Waals surface area (Å²) in [7, 11) is 1.92. The standard InChI is InChI=1S/C16H19FN4O/c1-18-9-11-6-7-21(10-11)16(22)15-8-14(19-20-15)12-2-4-13(17)5-3-12/h2-5,8,11,18H,6-7,9-10H2,1H3,(H,19,20). The molecule has 0 saturated carbocycles. The second-order valence-electron chi connectivity index (χ2n) is 5.64. The third-order valence-electron chi connectivity index (χ3n) is 4.01. The number of hydrogen-bond acceptors (Lipinski definition) is 3. The molecule has 22 heavy (non-hydrogen) atoms. The van der Waals surface area contributed by atoms with E-state index in [0.717, 1.165) is 31.6 Å². The molecule has 5 nitrogen and oxygen atoms in total. The van der Waals surface area contributed by atoms with Gasteiger partial charge in [0.1, 0.15) is 11.5 Å². The maximum Gasteiger partial charge on any atom is 0.271 e. The van der Waals surface area contributed by atoms with Crippen LogP contribution in [-0.4, -0.2) is 47.7 Å². The first kappa shape index (κ1) is 14.7. The summed E-state index contributed by atoms with van der Waals surface area (Å²) in [5, 5.41) is 10.1. The Morgan fingerprint density at radius 2 is 2.23 bits per heavy atom. The van der Waals surface area contributed by atoms with E-state index in [-0.39, 0.29) is 11.7 Å². The van der Waals surface area contributed by atoms with Crippen LogP contribution in [0.3, 0.4) is 0 Å². The van der Waals surface area contributed by atoms with Gasteiger partial charge in [-0.3, -0.25) is 9.89 Å². The van der Waals surface area contributed by atoms with Crippen molar-refractivity contribution >= 4 is 5.91 Å². The SMILES string of the molecule is CNCC1CCN(C(=O)c2cc(-c3ccc(F)cc3)n[nH]2)C1. The Bertz CT molecular complexity index is 652. The first-order chi connectivity index (χ1) is 10.7. The minimum atomic E-state index is -0.289. The van der Waals surface area contributed by atoms with Gasteiger partial charge in [-0.2, -0.15) is 5.10 Å². The third kappa shape index (κ3) is 3.01. The van der Waals surface area contributed by atoms with Gasteiger partial charge in [0.25, 0.3) is 5.91 Å². The number of rotatable bonds is 4. The number of H-pyrrole nitrogens is 1. The summed E-state index contributed by atoms with van der Waals surface area (Å²) in [6, 6.07) is 7.79. The molecule has 1 saturated heterocycles. The lowest BCUT2D eigenvalue weighted by Crippen LogP contribution is -2.30. The Hall–Kier alpha value is -2.21. The highest BCUT2D eigenvalue weighted by molar-refractivity contribution is 5.93. The van der Waals surface area contributed by atoms with Crippen LogP contribution in [0.25, 0.3) is 11.3 Å². The third-order valence-corrected chi connectivity index (χ3v) is 4.01. The van der Waals surface area contributed by atoms with E-state index in [2.05, 4.69) is 15.5 Å². The average Bonchev–Trinajstić information content (AvgIpc) is 3.17. The van der Waals surface area contributed by atoms with E-state index in [0.29, 0.717) is 17.3 Å². The van der Waals surface area contributed by atoms with Crippen LogP contribution < -0.4 is 5.32 Å². The van der Waals surface area contributed by atoms with Crippen molar-refractivity contribution in [3.8, 4) is 11.3 Å². The number of amides is 1. The molecule has 0 aliphatic carbocycles. The van der Waals surface area contributed by atoms with E-state index in [1.54, 1.807) is 18.2 Å². The molecular weight excluding hydrogens is 283 g/mol. The topological polar surface area (TPSA) is 61.0 Å². The van der Waals surface area contributed by atoms with Crippen molar-refractivity contribution in [1.29, 1.82) is 0 Å². The predicted molar refractivity (Wildman–Crippen MR) is 81.9 cm³/mol. The average molecular weight is 302 g/mol. The minimum Gasteiger partial charge on any atom is -0.337 e. The normalized spacial score (nSPS) is 17.9. The molecule has 116 valence electrons. The lowest BCUT2D eigenvalue weighted by molar-refractivity contribution is 0.0781. The number of aromatic nitrogens is 2. The molecule has 3 rings (SSSR count). The smallest absolute Gasteiger partial charge is 0.271 e. The highest BCUT2D eigenvalue weighted by atomic mass is 19.1. The molecule has 0 radical (unpaired) electrons. The van der Waals surface area contributed by atoms with Gasteiger partial charge >= 0.3 is 0 Å². The van der Waals surface area contributed by atoms with E-state index < -0.39 is 0 Å². The van der Waals surface area contributed by atoms with Crippen LogP contribution in [0.1, 0.15) is 16.9 Å². The summed E-state index contributed by atoms with van der Waals surface area (Å²) in [5.74, 6) is 0.191. The second kappa shape index (κ2) is 6.27. The lowest BCUT2D eigenvalue weighted by Gasteiger charge is -2.15. The number of aromatic amines is 1. The Balaban J connectivity index is 1.71. The van der Waals surface area contributed by atoms with Crippen LogP contribution in [0.5, 0.6) is 0 Å².